The predicted octanol–water partition coefficient (Wildman–Crippen LogP) is 2.52. The molecule has 0 unspecified atom stereocenters. The summed E-state index contributed by atoms with van der Waals surface area (Å²) in [5, 5.41) is 8.79. The van der Waals surface area contributed by atoms with Crippen molar-refractivity contribution >= 4 is 47.2 Å². The van der Waals surface area contributed by atoms with Crippen LogP contribution in [0.15, 0.2) is 22.5 Å². The van der Waals surface area contributed by atoms with Crippen molar-refractivity contribution in [1.29, 1.82) is 0 Å². The average Bonchev–Trinajstić information content (AvgIpc) is 3.32. The Morgan fingerprint density at radius 3 is 2.55 bits per heavy atom. The van der Waals surface area contributed by atoms with Crippen LogP contribution in [0.2, 0.25) is 0 Å². The molecule has 2 N–H and O–H groups in total. The lowest BCUT2D eigenvalue weighted by Crippen LogP contribution is -2.55. The average molecular weight is 564 g/mol. The van der Waals surface area contributed by atoms with E-state index in [0.717, 1.165) is 38.7 Å². The minimum absolute atomic E-state index is 0. The standard InChI is InChI=1S/C22H37N5O2S.HI/c1-23-21(25-18-22(8-4-3-5-9-22)19-7-6-16-30-19)27-13-11-26(12-14-27)17-20(28)24-10-15-29-2;/h6-7,16H,3-5,8-15,17-18H2,1-2H3,(H,23,25)(H,24,28);1H. The van der Waals surface area contributed by atoms with Crippen LogP contribution in [0, 0.1) is 0 Å². The van der Waals surface area contributed by atoms with E-state index in [4.69, 9.17) is 4.74 Å². The molecular weight excluding hydrogens is 525 g/mol. The first kappa shape index (κ1) is 26.3. The lowest BCUT2D eigenvalue weighted by molar-refractivity contribution is -0.122. The smallest absolute Gasteiger partial charge is 0.234 e. The van der Waals surface area contributed by atoms with Crippen molar-refractivity contribution in [2.24, 2.45) is 4.99 Å². The Morgan fingerprint density at radius 1 is 1.19 bits per heavy atom. The van der Waals surface area contributed by atoms with Crippen LogP contribution in [-0.4, -0.2) is 88.2 Å². The van der Waals surface area contributed by atoms with Gasteiger partial charge in [0.05, 0.1) is 13.2 Å². The minimum atomic E-state index is 0. The van der Waals surface area contributed by atoms with Gasteiger partial charge in [-0.05, 0) is 24.3 Å². The third-order valence-corrected chi connectivity index (χ3v) is 7.43. The summed E-state index contributed by atoms with van der Waals surface area (Å²) < 4.78 is 4.98. The zero-order chi connectivity index (χ0) is 21.2. The molecule has 1 aromatic rings. The number of guanidine groups is 1. The largest absolute Gasteiger partial charge is 0.383 e. The third kappa shape index (κ3) is 7.57. The summed E-state index contributed by atoms with van der Waals surface area (Å²) >= 11 is 1.89. The van der Waals surface area contributed by atoms with Crippen molar-refractivity contribution in [1.82, 2.24) is 20.4 Å². The SMILES string of the molecule is CN=C(NCC1(c2cccs2)CCCCC1)N1CCN(CC(=O)NCCOC)CC1.I. The van der Waals surface area contributed by atoms with Crippen LogP contribution in [0.1, 0.15) is 37.0 Å². The van der Waals surface area contributed by atoms with Gasteiger partial charge in [0.1, 0.15) is 0 Å². The van der Waals surface area contributed by atoms with E-state index in [1.807, 2.05) is 18.4 Å². The highest BCUT2D eigenvalue weighted by molar-refractivity contribution is 14.0. The van der Waals surface area contributed by atoms with Gasteiger partial charge in [0.25, 0.3) is 0 Å². The molecule has 0 atom stereocenters. The summed E-state index contributed by atoms with van der Waals surface area (Å²) in [4.78, 5) is 22.6. The maximum Gasteiger partial charge on any atom is 0.234 e. The molecule has 0 aromatic carbocycles. The lowest BCUT2D eigenvalue weighted by atomic mass is 9.73. The molecule has 1 saturated carbocycles. The minimum Gasteiger partial charge on any atom is -0.383 e. The number of piperazine rings is 1. The van der Waals surface area contributed by atoms with E-state index in [9.17, 15) is 4.79 Å². The second-order valence-corrected chi connectivity index (χ2v) is 9.27. The second-order valence-electron chi connectivity index (χ2n) is 8.33. The number of halogens is 1. The van der Waals surface area contributed by atoms with Gasteiger partial charge < -0.3 is 20.3 Å². The van der Waals surface area contributed by atoms with Crippen LogP contribution < -0.4 is 10.6 Å². The summed E-state index contributed by atoms with van der Waals surface area (Å²) in [5.41, 5.74) is 0.241. The molecule has 2 fully saturated rings. The van der Waals surface area contributed by atoms with Gasteiger partial charge in [-0.15, -0.1) is 35.3 Å². The number of aliphatic imine (C=N–C) groups is 1. The van der Waals surface area contributed by atoms with Crippen LogP contribution in [0.4, 0.5) is 0 Å². The Balaban J connectivity index is 0.00000341. The van der Waals surface area contributed by atoms with Crippen LogP contribution in [0.3, 0.4) is 0 Å². The van der Waals surface area contributed by atoms with Gasteiger partial charge in [0.2, 0.25) is 5.91 Å². The van der Waals surface area contributed by atoms with Crippen molar-refractivity contribution in [2.45, 2.75) is 37.5 Å². The van der Waals surface area contributed by atoms with E-state index < -0.39 is 0 Å². The highest BCUT2D eigenvalue weighted by Gasteiger charge is 2.35. The second kappa shape index (κ2) is 13.6. The molecule has 9 heteroatoms. The fraction of sp³-hybridized carbons (Fsp3) is 0.727. The van der Waals surface area contributed by atoms with E-state index in [0.29, 0.717) is 19.7 Å². The van der Waals surface area contributed by atoms with Crippen molar-refractivity contribution < 1.29 is 9.53 Å². The third-order valence-electron chi connectivity index (χ3n) is 6.32. The normalized spacial score (nSPS) is 19.5. The number of rotatable bonds is 8. The molecule has 1 amide bonds. The Labute approximate surface area is 208 Å². The summed E-state index contributed by atoms with van der Waals surface area (Å²) in [5.74, 6) is 1.05. The molecule has 7 nitrogen and oxygen atoms in total. The fourth-order valence-electron chi connectivity index (χ4n) is 4.57. The molecule has 1 saturated heterocycles. The van der Waals surface area contributed by atoms with Crippen molar-refractivity contribution in [3.05, 3.63) is 22.4 Å². The monoisotopic (exact) mass is 563 g/mol. The number of carbonyl (C=O) groups is 1. The van der Waals surface area contributed by atoms with Crippen LogP contribution in [0.5, 0.6) is 0 Å². The van der Waals surface area contributed by atoms with E-state index in [-0.39, 0.29) is 35.3 Å². The molecule has 1 aromatic heterocycles. The summed E-state index contributed by atoms with van der Waals surface area (Å²) in [6.07, 6.45) is 6.47. The molecular formula is C22H38IN5O2S. The number of nitrogens with zero attached hydrogens (tertiary/aromatic N) is 3. The summed E-state index contributed by atoms with van der Waals surface area (Å²) in [7, 11) is 3.51. The van der Waals surface area contributed by atoms with Crippen LogP contribution in [-0.2, 0) is 14.9 Å². The quantitative estimate of drug-likeness (QED) is 0.220. The Kier molecular flexibility index (Phi) is 11.6. The topological polar surface area (TPSA) is 69.2 Å². The first-order valence-electron chi connectivity index (χ1n) is 11.1. The van der Waals surface area contributed by atoms with Crippen molar-refractivity contribution in [3.63, 3.8) is 0 Å². The van der Waals surface area contributed by atoms with E-state index in [2.05, 4.69) is 42.9 Å². The molecule has 0 spiro atoms. The molecule has 3 rings (SSSR count). The number of amides is 1. The van der Waals surface area contributed by atoms with Crippen molar-refractivity contribution in [2.75, 3.05) is 66.6 Å². The molecule has 1 aliphatic carbocycles. The highest BCUT2D eigenvalue weighted by Crippen LogP contribution is 2.41. The first-order chi connectivity index (χ1) is 14.7. The molecule has 0 bridgehead atoms. The molecule has 0 radical (unpaired) electrons. The van der Waals surface area contributed by atoms with Gasteiger partial charge in [-0.2, -0.15) is 0 Å². The number of nitrogens with one attached hydrogen (secondary N) is 2. The van der Waals surface area contributed by atoms with Gasteiger partial charge in [-0.1, -0.05) is 25.3 Å². The number of hydrogen-bond donors (Lipinski definition) is 2. The van der Waals surface area contributed by atoms with Gasteiger partial charge in [-0.3, -0.25) is 14.7 Å². The van der Waals surface area contributed by atoms with Gasteiger partial charge in [0, 0.05) is 63.7 Å². The van der Waals surface area contributed by atoms with E-state index in [1.165, 1.54) is 37.0 Å². The van der Waals surface area contributed by atoms with Gasteiger partial charge >= 0.3 is 0 Å². The number of carbonyl (C=O) groups excluding carboxylic acids is 1. The molecule has 2 aliphatic rings. The first-order valence-corrected chi connectivity index (χ1v) is 12.0. The number of hydrogen-bond acceptors (Lipinski definition) is 5. The molecule has 1 aliphatic heterocycles. The number of thiophene rings is 1. The number of ether oxygens (including phenoxy) is 1. The predicted molar refractivity (Wildman–Crippen MR) is 139 cm³/mol. The lowest BCUT2D eigenvalue weighted by Gasteiger charge is -2.40. The Bertz CT molecular complexity index is 671. The maximum absolute atomic E-state index is 12.0. The number of methoxy groups -OCH3 is 1. The Morgan fingerprint density at radius 2 is 1.94 bits per heavy atom. The molecule has 176 valence electrons. The highest BCUT2D eigenvalue weighted by atomic mass is 127. The van der Waals surface area contributed by atoms with Crippen molar-refractivity contribution in [3.8, 4) is 0 Å². The zero-order valence-corrected chi connectivity index (χ0v) is 22.0. The molecule has 2 heterocycles. The zero-order valence-electron chi connectivity index (χ0n) is 18.9. The molecule has 31 heavy (non-hydrogen) atoms. The van der Waals surface area contributed by atoms with Crippen LogP contribution >= 0.6 is 35.3 Å². The van der Waals surface area contributed by atoms with E-state index >= 15 is 0 Å². The van der Waals surface area contributed by atoms with Gasteiger partial charge in [-0.25, -0.2) is 0 Å². The summed E-state index contributed by atoms with van der Waals surface area (Å²) in [6, 6.07) is 4.48. The maximum atomic E-state index is 12.0. The van der Waals surface area contributed by atoms with Crippen LogP contribution in [0.25, 0.3) is 0 Å². The fourth-order valence-corrected chi connectivity index (χ4v) is 5.56. The van der Waals surface area contributed by atoms with Gasteiger partial charge in [0.15, 0.2) is 5.96 Å². The summed E-state index contributed by atoms with van der Waals surface area (Å²) in [6.45, 7) is 6.02. The Hall–Kier alpha value is -0.910. The van der Waals surface area contributed by atoms with E-state index in [1.54, 1.807) is 7.11 Å².